The Morgan fingerprint density at radius 1 is 0.759 bits per heavy atom. The molecule has 2 aromatic rings. The molecule has 0 saturated heterocycles. The number of rotatable bonds is 4. The summed E-state index contributed by atoms with van der Waals surface area (Å²) in [4.78, 5) is 0. The Labute approximate surface area is 177 Å². The van der Waals surface area contributed by atoms with Gasteiger partial charge in [-0.15, -0.1) is 0 Å². The van der Waals surface area contributed by atoms with Crippen LogP contribution in [0, 0.1) is 11.8 Å². The van der Waals surface area contributed by atoms with Gasteiger partial charge in [0.05, 0.1) is 11.4 Å². The van der Waals surface area contributed by atoms with Crippen LogP contribution >= 0.6 is 0 Å². The van der Waals surface area contributed by atoms with Gasteiger partial charge in [-0.1, -0.05) is 41.5 Å². The topological polar surface area (TPSA) is 35.6 Å². The van der Waals surface area contributed by atoms with Crippen molar-refractivity contribution in [3.63, 3.8) is 0 Å². The predicted octanol–water partition coefficient (Wildman–Crippen LogP) is 6.59. The van der Waals surface area contributed by atoms with Gasteiger partial charge in [-0.05, 0) is 74.3 Å². The summed E-state index contributed by atoms with van der Waals surface area (Å²) in [6.07, 6.45) is 9.69. The summed E-state index contributed by atoms with van der Waals surface area (Å²) in [7, 11) is 0. The second kappa shape index (κ2) is 7.28. The summed E-state index contributed by atoms with van der Waals surface area (Å²) >= 11 is 0. The molecule has 0 N–H and O–H groups in total. The molecule has 0 fully saturated rings. The van der Waals surface area contributed by atoms with Gasteiger partial charge in [0.15, 0.2) is 0 Å². The minimum Gasteiger partial charge on any atom is -0.245 e. The first-order valence-electron chi connectivity index (χ1n) is 11.8. The van der Waals surface area contributed by atoms with Crippen LogP contribution in [0.2, 0.25) is 0 Å². The fraction of sp³-hybridized carbons (Fsp3) is 0.760. The Morgan fingerprint density at radius 2 is 1.14 bits per heavy atom. The third kappa shape index (κ3) is 3.37. The van der Waals surface area contributed by atoms with Crippen molar-refractivity contribution < 1.29 is 0 Å². The molecule has 0 radical (unpaired) electrons. The maximum absolute atomic E-state index is 5.19. The number of nitrogens with zero attached hydrogens (tertiary/aromatic N) is 4. The number of fused-ring (bicyclic) bond motifs is 2. The zero-order valence-electron chi connectivity index (χ0n) is 19.7. The van der Waals surface area contributed by atoms with Crippen molar-refractivity contribution in [1.82, 2.24) is 19.6 Å². The van der Waals surface area contributed by atoms with Gasteiger partial charge in [0.2, 0.25) is 0 Å². The highest BCUT2D eigenvalue weighted by atomic mass is 15.5. The monoisotopic (exact) mass is 396 g/mol. The molecule has 4 nitrogen and oxygen atoms in total. The summed E-state index contributed by atoms with van der Waals surface area (Å²) < 4.78 is 4.39. The van der Waals surface area contributed by atoms with Gasteiger partial charge in [0.25, 0.3) is 0 Å². The van der Waals surface area contributed by atoms with Crippen LogP contribution in [-0.2, 0) is 5.66 Å². The van der Waals surface area contributed by atoms with Crippen molar-refractivity contribution in [1.29, 1.82) is 0 Å². The summed E-state index contributed by atoms with van der Waals surface area (Å²) in [5.74, 6) is 3.63. The highest BCUT2D eigenvalue weighted by Crippen LogP contribution is 2.44. The van der Waals surface area contributed by atoms with Crippen molar-refractivity contribution in [2.45, 2.75) is 110 Å². The van der Waals surface area contributed by atoms with Gasteiger partial charge in [-0.3, -0.25) is 0 Å². The first-order valence-corrected chi connectivity index (χ1v) is 11.8. The number of aromatic nitrogens is 4. The van der Waals surface area contributed by atoms with E-state index in [4.69, 9.17) is 10.2 Å². The third-order valence-electron chi connectivity index (χ3n) is 7.86. The zero-order valence-corrected chi connectivity index (χ0v) is 19.7. The van der Waals surface area contributed by atoms with E-state index in [1.165, 1.54) is 48.2 Å². The fourth-order valence-corrected chi connectivity index (χ4v) is 5.54. The molecule has 4 heteroatoms. The predicted molar refractivity (Wildman–Crippen MR) is 120 cm³/mol. The van der Waals surface area contributed by atoms with Gasteiger partial charge >= 0.3 is 0 Å². The van der Waals surface area contributed by atoms with Crippen LogP contribution in [0.3, 0.4) is 0 Å². The largest absolute Gasteiger partial charge is 0.245 e. The molecule has 0 aromatic carbocycles. The Balaban J connectivity index is 1.75. The van der Waals surface area contributed by atoms with Crippen LogP contribution in [0.5, 0.6) is 0 Å². The SMILES string of the molecule is CC(C)[C@@H]1CC[C@@H](C)c2cn(C(C)(C)n3cc4c(n3)[C@H](C(C)C)CC[C@H]4C)nc21. The van der Waals surface area contributed by atoms with Crippen molar-refractivity contribution in [3.8, 4) is 0 Å². The summed E-state index contributed by atoms with van der Waals surface area (Å²) in [6, 6.07) is 0. The first kappa shape index (κ1) is 20.7. The lowest BCUT2D eigenvalue weighted by atomic mass is 9.77. The molecule has 2 aliphatic carbocycles. The van der Waals surface area contributed by atoms with E-state index in [0.717, 1.165) is 0 Å². The molecule has 2 heterocycles. The van der Waals surface area contributed by atoms with Gasteiger partial charge in [-0.2, -0.15) is 10.2 Å². The van der Waals surface area contributed by atoms with Crippen molar-refractivity contribution >= 4 is 0 Å². The third-order valence-corrected chi connectivity index (χ3v) is 7.86. The Hall–Kier alpha value is -1.58. The summed E-state index contributed by atoms with van der Waals surface area (Å²) in [5, 5.41) is 10.4. The fourth-order valence-electron chi connectivity index (χ4n) is 5.54. The molecule has 4 rings (SSSR count). The summed E-state index contributed by atoms with van der Waals surface area (Å²) in [6.45, 7) is 18.6. The lowest BCUT2D eigenvalue weighted by molar-refractivity contribution is 0.230. The highest BCUT2D eigenvalue weighted by Gasteiger charge is 2.36. The normalized spacial score (nSPS) is 27.4. The van der Waals surface area contributed by atoms with Gasteiger partial charge in [0.1, 0.15) is 5.66 Å². The van der Waals surface area contributed by atoms with Gasteiger partial charge in [-0.25, -0.2) is 9.36 Å². The van der Waals surface area contributed by atoms with Crippen LogP contribution in [0.1, 0.15) is 127 Å². The minimum atomic E-state index is -0.308. The molecular formula is C25H40N4. The molecule has 2 aliphatic rings. The maximum atomic E-state index is 5.19. The van der Waals surface area contributed by atoms with E-state index in [1.54, 1.807) is 0 Å². The lowest BCUT2D eigenvalue weighted by Crippen LogP contribution is -2.36. The van der Waals surface area contributed by atoms with Crippen LogP contribution in [0.15, 0.2) is 12.4 Å². The quantitative estimate of drug-likeness (QED) is 0.584. The smallest absolute Gasteiger partial charge is 0.148 e. The molecule has 4 atom stereocenters. The maximum Gasteiger partial charge on any atom is 0.148 e. The molecule has 0 spiro atoms. The molecule has 29 heavy (non-hydrogen) atoms. The van der Waals surface area contributed by atoms with Crippen LogP contribution in [-0.4, -0.2) is 19.6 Å². The van der Waals surface area contributed by atoms with Crippen molar-refractivity contribution in [3.05, 3.63) is 34.9 Å². The zero-order chi connectivity index (χ0) is 21.1. The number of hydrogen-bond donors (Lipinski definition) is 0. The Kier molecular flexibility index (Phi) is 5.19. The Bertz CT molecular complexity index is 799. The van der Waals surface area contributed by atoms with Crippen LogP contribution in [0.25, 0.3) is 0 Å². The molecule has 2 aromatic heterocycles. The average Bonchev–Trinajstić information content (AvgIpc) is 3.28. The van der Waals surface area contributed by atoms with Gasteiger partial charge < -0.3 is 0 Å². The number of hydrogen-bond acceptors (Lipinski definition) is 2. The van der Waals surface area contributed by atoms with E-state index in [2.05, 4.69) is 77.1 Å². The van der Waals surface area contributed by atoms with Crippen molar-refractivity contribution in [2.75, 3.05) is 0 Å². The summed E-state index contributed by atoms with van der Waals surface area (Å²) in [5.41, 5.74) is 5.26. The molecule has 0 bridgehead atoms. The average molecular weight is 397 g/mol. The second-order valence-electron chi connectivity index (χ2n) is 11.0. The highest BCUT2D eigenvalue weighted by molar-refractivity contribution is 5.31. The van der Waals surface area contributed by atoms with E-state index in [9.17, 15) is 0 Å². The van der Waals surface area contributed by atoms with Crippen LogP contribution < -0.4 is 0 Å². The molecule has 0 saturated carbocycles. The molecule has 0 aliphatic heterocycles. The Morgan fingerprint density at radius 3 is 1.48 bits per heavy atom. The van der Waals surface area contributed by atoms with Crippen LogP contribution in [0.4, 0.5) is 0 Å². The van der Waals surface area contributed by atoms with E-state index in [1.807, 2.05) is 0 Å². The molecule has 160 valence electrons. The van der Waals surface area contributed by atoms with E-state index in [-0.39, 0.29) is 5.66 Å². The lowest BCUT2D eigenvalue weighted by Gasteiger charge is -2.28. The van der Waals surface area contributed by atoms with Gasteiger partial charge in [0, 0.05) is 24.2 Å². The van der Waals surface area contributed by atoms with Crippen molar-refractivity contribution in [2.24, 2.45) is 11.8 Å². The van der Waals surface area contributed by atoms with E-state index < -0.39 is 0 Å². The standard InChI is InChI=1S/C25H40N4/c1-15(2)19-11-9-17(5)21-13-28(26-23(19)21)25(7,8)29-14-22-18(6)10-12-20(16(3)4)24(22)27-29/h13-20H,9-12H2,1-8H3/t17-,18-,19+,20+/m1/s1. The molecule has 0 amide bonds. The minimum absolute atomic E-state index is 0.308. The first-order chi connectivity index (χ1) is 13.6. The second-order valence-corrected chi connectivity index (χ2v) is 11.0. The van der Waals surface area contributed by atoms with E-state index >= 15 is 0 Å². The van der Waals surface area contributed by atoms with E-state index in [0.29, 0.717) is 35.5 Å². The molecular weight excluding hydrogens is 356 g/mol. The molecule has 0 unspecified atom stereocenters.